The van der Waals surface area contributed by atoms with E-state index < -0.39 is 29.5 Å². The van der Waals surface area contributed by atoms with Gasteiger partial charge < -0.3 is 14.5 Å². The number of urea groups is 1. The second kappa shape index (κ2) is 8.94. The zero-order chi connectivity index (χ0) is 21.9. The number of esters is 1. The van der Waals surface area contributed by atoms with Crippen LogP contribution >= 0.6 is 0 Å². The number of carbonyl (C=O) groups is 2. The van der Waals surface area contributed by atoms with Gasteiger partial charge >= 0.3 is 18.2 Å². The van der Waals surface area contributed by atoms with E-state index in [2.05, 4.69) is 6.07 Å². The number of carbonyl (C=O) groups excluding carboxylic acids is 2. The topological polar surface area (TPSA) is 73.6 Å². The molecule has 2 atom stereocenters. The Morgan fingerprint density at radius 3 is 2.47 bits per heavy atom. The first-order chi connectivity index (χ1) is 14.2. The minimum absolute atomic E-state index is 0.0731. The lowest BCUT2D eigenvalue weighted by Gasteiger charge is -2.40. The summed E-state index contributed by atoms with van der Waals surface area (Å²) in [6, 6.07) is 7.00. The average Bonchev–Trinajstić information content (AvgIpc) is 2.77. The van der Waals surface area contributed by atoms with Crippen molar-refractivity contribution in [2.75, 3.05) is 33.3 Å². The Morgan fingerprint density at radius 2 is 1.87 bits per heavy atom. The van der Waals surface area contributed by atoms with Gasteiger partial charge in [-0.2, -0.15) is 18.4 Å². The van der Waals surface area contributed by atoms with Crippen LogP contribution in [0.1, 0.15) is 36.3 Å². The number of hydrogen-bond acceptors (Lipinski definition) is 4. The highest BCUT2D eigenvalue weighted by molar-refractivity contribution is 5.78. The molecule has 1 aromatic carbocycles. The van der Waals surface area contributed by atoms with Crippen molar-refractivity contribution in [2.45, 2.75) is 31.4 Å². The zero-order valence-electron chi connectivity index (χ0n) is 16.7. The lowest BCUT2D eigenvalue weighted by Crippen LogP contribution is -2.52. The largest absolute Gasteiger partial charge is 0.469 e. The maximum Gasteiger partial charge on any atom is 0.416 e. The summed E-state index contributed by atoms with van der Waals surface area (Å²) in [6.45, 7) is 1.29. The predicted molar refractivity (Wildman–Crippen MR) is 101 cm³/mol. The Kier molecular flexibility index (Phi) is 6.54. The van der Waals surface area contributed by atoms with Crippen LogP contribution in [0.4, 0.5) is 18.0 Å². The monoisotopic (exact) mass is 423 g/mol. The van der Waals surface area contributed by atoms with Gasteiger partial charge in [-0.05, 0) is 30.9 Å². The first kappa shape index (κ1) is 21.9. The van der Waals surface area contributed by atoms with Gasteiger partial charge in [0.1, 0.15) is 0 Å². The second-order valence-electron chi connectivity index (χ2n) is 7.85. The van der Waals surface area contributed by atoms with Gasteiger partial charge in [0, 0.05) is 38.0 Å². The van der Waals surface area contributed by atoms with Crippen LogP contribution in [0.2, 0.25) is 0 Å². The van der Waals surface area contributed by atoms with Gasteiger partial charge in [0.2, 0.25) is 0 Å². The Hall–Kier alpha value is -2.76. The number of likely N-dealkylation sites (tertiary alicyclic amines) is 2. The van der Waals surface area contributed by atoms with Gasteiger partial charge in [0.25, 0.3) is 0 Å². The summed E-state index contributed by atoms with van der Waals surface area (Å²) in [7, 11) is 1.26. The molecule has 162 valence electrons. The molecule has 0 spiro atoms. The van der Waals surface area contributed by atoms with Crippen molar-refractivity contribution in [2.24, 2.45) is 11.8 Å². The maximum absolute atomic E-state index is 13.1. The van der Waals surface area contributed by atoms with Crippen LogP contribution in [-0.4, -0.2) is 55.1 Å². The summed E-state index contributed by atoms with van der Waals surface area (Å²) >= 11 is 0. The molecule has 2 aliphatic rings. The van der Waals surface area contributed by atoms with Crippen molar-refractivity contribution in [3.63, 3.8) is 0 Å². The third-order valence-electron chi connectivity index (χ3n) is 5.89. The Bertz CT molecular complexity index is 829. The molecule has 3 rings (SSSR count). The van der Waals surface area contributed by atoms with Gasteiger partial charge in [-0.25, -0.2) is 4.79 Å². The highest BCUT2D eigenvalue weighted by atomic mass is 19.4. The van der Waals surface area contributed by atoms with E-state index >= 15 is 0 Å². The Labute approximate surface area is 173 Å². The minimum atomic E-state index is -4.47. The highest BCUT2D eigenvalue weighted by Gasteiger charge is 2.38. The molecule has 6 nitrogen and oxygen atoms in total. The number of methoxy groups -OCH3 is 1. The van der Waals surface area contributed by atoms with E-state index in [-0.39, 0.29) is 25.0 Å². The number of nitrogens with zero attached hydrogens (tertiary/aromatic N) is 3. The molecule has 0 aliphatic carbocycles. The van der Waals surface area contributed by atoms with Gasteiger partial charge in [-0.1, -0.05) is 18.2 Å². The molecular weight excluding hydrogens is 399 g/mol. The number of alkyl halides is 3. The van der Waals surface area contributed by atoms with Crippen LogP contribution in [0.25, 0.3) is 0 Å². The van der Waals surface area contributed by atoms with Crippen molar-refractivity contribution in [1.29, 1.82) is 5.26 Å². The van der Waals surface area contributed by atoms with E-state index in [4.69, 9.17) is 10.00 Å². The number of halogens is 3. The number of amides is 2. The lowest BCUT2D eigenvalue weighted by atomic mass is 9.84. The van der Waals surface area contributed by atoms with Crippen molar-refractivity contribution in [3.8, 4) is 6.07 Å². The predicted octanol–water partition coefficient (Wildman–Crippen LogP) is 3.64. The van der Waals surface area contributed by atoms with Crippen LogP contribution in [0.15, 0.2) is 24.3 Å². The maximum atomic E-state index is 13.1. The molecule has 2 heterocycles. The van der Waals surface area contributed by atoms with Crippen LogP contribution in [0, 0.1) is 23.2 Å². The fraction of sp³-hybridized carbons (Fsp3) is 0.571. The third kappa shape index (κ3) is 4.86. The van der Waals surface area contributed by atoms with E-state index in [1.165, 1.54) is 18.1 Å². The first-order valence-corrected chi connectivity index (χ1v) is 9.91. The minimum Gasteiger partial charge on any atom is -0.469 e. The van der Waals surface area contributed by atoms with Crippen molar-refractivity contribution in [1.82, 2.24) is 9.80 Å². The van der Waals surface area contributed by atoms with Gasteiger partial charge in [-0.3, -0.25) is 4.79 Å². The number of ether oxygens (including phenoxy) is 1. The molecule has 0 N–H and O–H groups in total. The van der Waals surface area contributed by atoms with Crippen LogP contribution in [0.5, 0.6) is 0 Å². The smallest absolute Gasteiger partial charge is 0.416 e. The molecule has 2 aliphatic heterocycles. The van der Waals surface area contributed by atoms with Crippen LogP contribution in [-0.2, 0) is 15.7 Å². The van der Waals surface area contributed by atoms with Crippen LogP contribution < -0.4 is 0 Å². The normalized spacial score (nSPS) is 23.0. The summed E-state index contributed by atoms with van der Waals surface area (Å²) in [6.07, 6.45) is -2.97. The molecule has 0 aromatic heterocycles. The second-order valence-corrected chi connectivity index (χ2v) is 7.85. The number of benzene rings is 1. The van der Waals surface area contributed by atoms with E-state index in [0.29, 0.717) is 37.9 Å². The molecule has 0 bridgehead atoms. The molecule has 0 radical (unpaired) electrons. The average molecular weight is 423 g/mol. The summed E-state index contributed by atoms with van der Waals surface area (Å²) in [5.74, 6) is -1.57. The third-order valence-corrected chi connectivity index (χ3v) is 5.89. The Morgan fingerprint density at radius 1 is 1.17 bits per heavy atom. The van der Waals surface area contributed by atoms with Crippen molar-refractivity contribution >= 4 is 12.0 Å². The molecular formula is C21H24F3N3O3. The van der Waals surface area contributed by atoms with E-state index in [0.717, 1.165) is 12.1 Å². The SMILES string of the molecule is COC(=O)C1CC(c2cccc(C(F)(F)F)c2)CN(C(=O)N2CCC(C#N)CC2)C1. The van der Waals surface area contributed by atoms with Gasteiger partial charge in [0.05, 0.1) is 24.7 Å². The summed E-state index contributed by atoms with van der Waals surface area (Å²) < 4.78 is 44.3. The molecule has 2 fully saturated rings. The van der Waals surface area contributed by atoms with Crippen molar-refractivity contribution < 1.29 is 27.5 Å². The number of rotatable bonds is 2. The standard InChI is InChI=1S/C21H24F3N3O3/c1-30-19(28)17-9-16(15-3-2-4-18(10-15)21(22,23)24)12-27(13-17)20(29)26-7-5-14(11-25)6-8-26/h2-4,10,14,16-17H,5-9,12-13H2,1H3. The molecule has 2 amide bonds. The summed E-state index contributed by atoms with van der Waals surface area (Å²) in [5.41, 5.74) is -0.309. The van der Waals surface area contributed by atoms with E-state index in [9.17, 15) is 22.8 Å². The molecule has 2 unspecified atom stereocenters. The molecule has 2 saturated heterocycles. The summed E-state index contributed by atoms with van der Waals surface area (Å²) in [5, 5.41) is 9.03. The molecule has 1 aromatic rings. The number of nitriles is 1. The summed E-state index contributed by atoms with van der Waals surface area (Å²) in [4.78, 5) is 28.4. The van der Waals surface area contributed by atoms with E-state index in [1.54, 1.807) is 11.0 Å². The molecule has 30 heavy (non-hydrogen) atoms. The first-order valence-electron chi connectivity index (χ1n) is 9.91. The molecule has 9 heteroatoms. The number of hydrogen-bond donors (Lipinski definition) is 0. The lowest BCUT2D eigenvalue weighted by molar-refractivity contribution is -0.147. The van der Waals surface area contributed by atoms with Gasteiger partial charge in [-0.15, -0.1) is 0 Å². The quantitative estimate of drug-likeness (QED) is 0.681. The highest BCUT2D eigenvalue weighted by Crippen LogP contribution is 2.35. The van der Waals surface area contributed by atoms with Crippen molar-refractivity contribution in [3.05, 3.63) is 35.4 Å². The fourth-order valence-corrected chi connectivity index (χ4v) is 4.20. The number of piperidine rings is 2. The molecule has 0 saturated carbocycles. The fourth-order valence-electron chi connectivity index (χ4n) is 4.20. The van der Waals surface area contributed by atoms with Crippen LogP contribution in [0.3, 0.4) is 0 Å². The van der Waals surface area contributed by atoms with Gasteiger partial charge in [0.15, 0.2) is 0 Å². The zero-order valence-corrected chi connectivity index (χ0v) is 16.7. The van der Waals surface area contributed by atoms with E-state index in [1.807, 2.05) is 0 Å². The Balaban J connectivity index is 1.81.